The molecule has 164 valence electrons. The molecule has 0 radical (unpaired) electrons. The van der Waals surface area contributed by atoms with Gasteiger partial charge in [-0.15, -0.1) is 0 Å². The zero-order chi connectivity index (χ0) is 22.4. The molecular weight excluding hydrogens is 424 g/mol. The predicted molar refractivity (Wildman–Crippen MR) is 120 cm³/mol. The summed E-state index contributed by atoms with van der Waals surface area (Å²) < 4.78 is 35.7. The van der Waals surface area contributed by atoms with E-state index in [0.717, 1.165) is 35.7 Å². The van der Waals surface area contributed by atoms with E-state index in [9.17, 15) is 8.78 Å². The molecule has 8 heteroatoms. The Labute approximate surface area is 188 Å². The lowest BCUT2D eigenvalue weighted by Crippen LogP contribution is -2.24. The lowest BCUT2D eigenvalue weighted by atomic mass is 10.0. The van der Waals surface area contributed by atoms with Crippen LogP contribution in [0, 0.1) is 11.6 Å². The van der Waals surface area contributed by atoms with Crippen LogP contribution in [0.4, 0.5) is 14.6 Å². The van der Waals surface area contributed by atoms with Gasteiger partial charge >= 0.3 is 0 Å². The number of fused-ring (bicyclic) bond motifs is 1. The van der Waals surface area contributed by atoms with E-state index in [-0.39, 0.29) is 6.04 Å². The summed E-state index contributed by atoms with van der Waals surface area (Å²) in [5, 5.41) is 0. The van der Waals surface area contributed by atoms with Gasteiger partial charge in [0.2, 0.25) is 5.89 Å². The first kappa shape index (κ1) is 19.6. The zero-order valence-electron chi connectivity index (χ0n) is 17.5. The molecule has 5 aromatic rings. The van der Waals surface area contributed by atoms with Crippen LogP contribution in [-0.4, -0.2) is 26.1 Å². The maximum absolute atomic E-state index is 14.5. The van der Waals surface area contributed by atoms with Gasteiger partial charge in [-0.05, 0) is 61.4 Å². The van der Waals surface area contributed by atoms with Crippen molar-refractivity contribution in [2.24, 2.45) is 0 Å². The smallest absolute Gasteiger partial charge is 0.225 e. The number of pyridine rings is 1. The number of anilines is 1. The van der Waals surface area contributed by atoms with Crippen molar-refractivity contribution in [3.63, 3.8) is 0 Å². The van der Waals surface area contributed by atoms with Crippen molar-refractivity contribution in [1.29, 1.82) is 0 Å². The molecule has 6 nitrogen and oxygen atoms in total. The number of benzene rings is 2. The molecule has 0 aliphatic carbocycles. The molecule has 33 heavy (non-hydrogen) atoms. The molecule has 0 spiro atoms. The number of hydrogen-bond acceptors (Lipinski definition) is 5. The summed E-state index contributed by atoms with van der Waals surface area (Å²) in [6.07, 6.45) is 6.48. The van der Waals surface area contributed by atoms with Crippen LogP contribution in [0.1, 0.15) is 24.4 Å². The van der Waals surface area contributed by atoms with Gasteiger partial charge in [0.15, 0.2) is 5.65 Å². The predicted octanol–water partition coefficient (Wildman–Crippen LogP) is 5.70. The first-order valence-corrected chi connectivity index (χ1v) is 10.7. The Morgan fingerprint density at radius 3 is 2.82 bits per heavy atom. The van der Waals surface area contributed by atoms with Gasteiger partial charge in [-0.2, -0.15) is 0 Å². The van der Waals surface area contributed by atoms with Crippen molar-refractivity contribution in [2.45, 2.75) is 18.9 Å². The van der Waals surface area contributed by atoms with Crippen molar-refractivity contribution in [3.8, 4) is 17.1 Å². The summed E-state index contributed by atoms with van der Waals surface area (Å²) in [4.78, 5) is 15.6. The Bertz CT molecular complexity index is 1450. The number of nitrogens with zero attached hydrogens (tertiary/aromatic N) is 5. The Morgan fingerprint density at radius 2 is 1.94 bits per heavy atom. The lowest BCUT2D eigenvalue weighted by Gasteiger charge is -2.26. The minimum Gasteiger partial charge on any atom is -0.445 e. The highest BCUT2D eigenvalue weighted by Crippen LogP contribution is 2.37. The van der Waals surface area contributed by atoms with E-state index >= 15 is 0 Å². The van der Waals surface area contributed by atoms with Gasteiger partial charge in [0.1, 0.15) is 35.6 Å². The van der Waals surface area contributed by atoms with E-state index < -0.39 is 11.6 Å². The van der Waals surface area contributed by atoms with Crippen LogP contribution >= 0.6 is 0 Å². The minimum absolute atomic E-state index is 0.268. The van der Waals surface area contributed by atoms with Crippen LogP contribution in [0.2, 0.25) is 0 Å². The van der Waals surface area contributed by atoms with E-state index in [0.29, 0.717) is 29.5 Å². The van der Waals surface area contributed by atoms with E-state index in [1.165, 1.54) is 18.4 Å². The molecule has 6 rings (SSSR count). The second-order valence-corrected chi connectivity index (χ2v) is 8.03. The zero-order valence-corrected chi connectivity index (χ0v) is 17.5. The molecule has 0 bridgehead atoms. The lowest BCUT2D eigenvalue weighted by molar-refractivity contribution is 0.560. The molecule has 0 saturated carbocycles. The van der Waals surface area contributed by atoms with E-state index in [2.05, 4.69) is 9.97 Å². The Kier molecular flexibility index (Phi) is 4.64. The van der Waals surface area contributed by atoms with Gasteiger partial charge in [0.25, 0.3) is 0 Å². The summed E-state index contributed by atoms with van der Waals surface area (Å²) in [7, 11) is 0. The highest BCUT2D eigenvalue weighted by atomic mass is 19.1. The highest BCUT2D eigenvalue weighted by molar-refractivity contribution is 5.76. The van der Waals surface area contributed by atoms with Gasteiger partial charge in [0, 0.05) is 23.4 Å². The van der Waals surface area contributed by atoms with Crippen LogP contribution < -0.4 is 4.90 Å². The fraction of sp³-hybridized carbons (Fsp3) is 0.160. The van der Waals surface area contributed by atoms with Crippen molar-refractivity contribution < 1.29 is 13.2 Å². The molecule has 0 amide bonds. The summed E-state index contributed by atoms with van der Waals surface area (Å²) in [5.41, 5.74) is 3.50. The highest BCUT2D eigenvalue weighted by Gasteiger charge is 2.30. The molecule has 0 N–H and O–H groups in total. The normalized spacial score (nSPS) is 16.1. The van der Waals surface area contributed by atoms with E-state index in [1.54, 1.807) is 12.5 Å². The van der Waals surface area contributed by atoms with Crippen molar-refractivity contribution in [1.82, 2.24) is 19.5 Å². The van der Waals surface area contributed by atoms with Crippen LogP contribution in [0.25, 0.3) is 28.3 Å². The van der Waals surface area contributed by atoms with Gasteiger partial charge in [-0.25, -0.2) is 23.7 Å². The quantitative estimate of drug-likeness (QED) is 0.357. The molecule has 1 unspecified atom stereocenters. The topological polar surface area (TPSA) is 60.0 Å². The van der Waals surface area contributed by atoms with Gasteiger partial charge < -0.3 is 9.32 Å². The van der Waals surface area contributed by atoms with Gasteiger partial charge in [-0.3, -0.25) is 4.57 Å². The summed E-state index contributed by atoms with van der Waals surface area (Å²) in [6, 6.07) is 14.9. The molecule has 1 atom stereocenters. The SMILES string of the molecule is Fc1ccc(F)c(C2CCCN2c2ccc3ncn(-c4cccc(-c5ncco5)c4)c3n2)c1. The molecule has 1 fully saturated rings. The molecule has 1 saturated heterocycles. The monoisotopic (exact) mass is 443 g/mol. The third-order valence-electron chi connectivity index (χ3n) is 6.05. The molecular formula is C25H19F2N5O. The average Bonchev–Trinajstić information content (AvgIpc) is 3.60. The molecule has 1 aliphatic rings. The second kappa shape index (κ2) is 7.81. The maximum Gasteiger partial charge on any atom is 0.225 e. The van der Waals surface area contributed by atoms with Crippen LogP contribution in [0.5, 0.6) is 0 Å². The average molecular weight is 443 g/mol. The first-order valence-electron chi connectivity index (χ1n) is 10.7. The summed E-state index contributed by atoms with van der Waals surface area (Å²) in [6.45, 7) is 0.715. The molecule has 2 aromatic carbocycles. The fourth-order valence-electron chi connectivity index (χ4n) is 4.52. The first-order chi connectivity index (χ1) is 16.2. The van der Waals surface area contributed by atoms with E-state index in [4.69, 9.17) is 9.40 Å². The summed E-state index contributed by atoms with van der Waals surface area (Å²) >= 11 is 0. The minimum atomic E-state index is -0.439. The third-order valence-corrected chi connectivity index (χ3v) is 6.05. The Balaban J connectivity index is 1.41. The molecule has 4 heterocycles. The van der Waals surface area contributed by atoms with Crippen LogP contribution in [-0.2, 0) is 0 Å². The number of aromatic nitrogens is 4. The van der Waals surface area contributed by atoms with E-state index in [1.807, 2.05) is 45.9 Å². The van der Waals surface area contributed by atoms with Crippen molar-refractivity contribution in [3.05, 3.63) is 90.6 Å². The Morgan fingerprint density at radius 1 is 1.00 bits per heavy atom. The van der Waals surface area contributed by atoms with Crippen LogP contribution in [0.15, 0.2) is 77.8 Å². The Hall–Kier alpha value is -4.07. The van der Waals surface area contributed by atoms with Crippen molar-refractivity contribution in [2.75, 3.05) is 11.4 Å². The molecule has 3 aromatic heterocycles. The number of oxazole rings is 1. The van der Waals surface area contributed by atoms with Gasteiger partial charge in [-0.1, -0.05) is 6.07 Å². The number of rotatable bonds is 4. The third kappa shape index (κ3) is 3.44. The number of imidazole rings is 1. The number of halogens is 2. The standard InChI is InChI=1S/C25H19F2N5O/c26-17-6-7-20(27)19(14-17)22-5-2-11-31(22)23-9-8-21-24(30-23)32(15-29-21)18-4-1-3-16(13-18)25-28-10-12-33-25/h1,3-4,6-10,12-15,22H,2,5,11H2. The fourth-order valence-corrected chi connectivity index (χ4v) is 4.52. The van der Waals surface area contributed by atoms with Crippen LogP contribution in [0.3, 0.4) is 0 Å². The summed E-state index contributed by atoms with van der Waals surface area (Å²) in [5.74, 6) is 0.402. The second-order valence-electron chi connectivity index (χ2n) is 8.03. The maximum atomic E-state index is 14.5. The largest absolute Gasteiger partial charge is 0.445 e. The molecule has 1 aliphatic heterocycles. The van der Waals surface area contributed by atoms with Crippen molar-refractivity contribution >= 4 is 17.0 Å². The van der Waals surface area contributed by atoms with Gasteiger partial charge in [0.05, 0.1) is 12.2 Å². The number of hydrogen-bond donors (Lipinski definition) is 0.